The normalized spacial score (nSPS) is 10.2. The highest BCUT2D eigenvalue weighted by molar-refractivity contribution is 5.82. The standard InChI is InChI=1S/C12H11NO3/c13-7-4-5-9(14)8(6-7)12-10(15)2-1-3-11(12)16/h1-6,14-16H,13H2. The molecule has 0 aromatic heterocycles. The van der Waals surface area contributed by atoms with Gasteiger partial charge in [-0.3, -0.25) is 0 Å². The number of rotatable bonds is 1. The van der Waals surface area contributed by atoms with Crippen LogP contribution in [0.4, 0.5) is 5.69 Å². The Balaban J connectivity index is 2.72. The lowest BCUT2D eigenvalue weighted by atomic mass is 10.0. The number of aromatic hydroxyl groups is 3. The van der Waals surface area contributed by atoms with Crippen molar-refractivity contribution in [2.24, 2.45) is 0 Å². The zero-order chi connectivity index (χ0) is 11.7. The largest absolute Gasteiger partial charge is 0.507 e. The molecule has 5 N–H and O–H groups in total. The quantitative estimate of drug-likeness (QED) is 0.435. The highest BCUT2D eigenvalue weighted by Crippen LogP contribution is 2.41. The number of nitrogens with two attached hydrogens (primary N) is 1. The van der Waals surface area contributed by atoms with Gasteiger partial charge in [-0.05, 0) is 30.3 Å². The van der Waals surface area contributed by atoms with Crippen LogP contribution in [0.2, 0.25) is 0 Å². The van der Waals surface area contributed by atoms with E-state index in [1.54, 1.807) is 0 Å². The molecule has 0 spiro atoms. The van der Waals surface area contributed by atoms with E-state index in [0.29, 0.717) is 11.3 Å². The second-order valence-electron chi connectivity index (χ2n) is 3.45. The molecule has 4 nitrogen and oxygen atoms in total. The van der Waals surface area contributed by atoms with Crippen LogP contribution < -0.4 is 5.73 Å². The Morgan fingerprint density at radius 1 is 0.812 bits per heavy atom. The average molecular weight is 217 g/mol. The Bertz CT molecular complexity index is 518. The number of phenols is 3. The van der Waals surface area contributed by atoms with Crippen molar-refractivity contribution in [3.63, 3.8) is 0 Å². The molecular weight excluding hydrogens is 206 g/mol. The van der Waals surface area contributed by atoms with E-state index in [1.807, 2.05) is 0 Å². The first kappa shape index (κ1) is 10.2. The Kier molecular flexibility index (Phi) is 2.32. The van der Waals surface area contributed by atoms with Crippen LogP contribution in [-0.4, -0.2) is 15.3 Å². The zero-order valence-electron chi connectivity index (χ0n) is 8.38. The minimum absolute atomic E-state index is 0.0500. The molecule has 0 fully saturated rings. The molecule has 2 rings (SSSR count). The van der Waals surface area contributed by atoms with E-state index >= 15 is 0 Å². The van der Waals surface area contributed by atoms with Crippen LogP contribution in [0.1, 0.15) is 0 Å². The molecule has 0 heterocycles. The minimum atomic E-state index is -0.110. The molecule has 0 atom stereocenters. The van der Waals surface area contributed by atoms with E-state index in [9.17, 15) is 15.3 Å². The van der Waals surface area contributed by atoms with Crippen LogP contribution in [0.15, 0.2) is 36.4 Å². The van der Waals surface area contributed by atoms with Crippen molar-refractivity contribution in [3.8, 4) is 28.4 Å². The first-order valence-corrected chi connectivity index (χ1v) is 4.69. The Hall–Kier alpha value is -2.36. The number of benzene rings is 2. The highest BCUT2D eigenvalue weighted by atomic mass is 16.3. The van der Waals surface area contributed by atoms with E-state index in [4.69, 9.17) is 5.73 Å². The van der Waals surface area contributed by atoms with Crippen molar-refractivity contribution in [2.45, 2.75) is 0 Å². The molecule has 0 unspecified atom stereocenters. The summed E-state index contributed by atoms with van der Waals surface area (Å²) < 4.78 is 0. The van der Waals surface area contributed by atoms with Crippen molar-refractivity contribution in [2.75, 3.05) is 5.73 Å². The summed E-state index contributed by atoms with van der Waals surface area (Å²) >= 11 is 0. The predicted molar refractivity (Wildman–Crippen MR) is 61.3 cm³/mol. The smallest absolute Gasteiger partial charge is 0.127 e. The van der Waals surface area contributed by atoms with Gasteiger partial charge in [-0.15, -0.1) is 0 Å². The molecule has 0 radical (unpaired) electrons. The Labute approximate surface area is 92.2 Å². The monoisotopic (exact) mass is 217 g/mol. The van der Waals surface area contributed by atoms with E-state index in [2.05, 4.69) is 0 Å². The summed E-state index contributed by atoms with van der Waals surface area (Å²) in [5, 5.41) is 29.0. The Morgan fingerprint density at radius 3 is 2.06 bits per heavy atom. The maximum atomic E-state index is 9.66. The molecule has 0 saturated heterocycles. The van der Waals surface area contributed by atoms with Crippen molar-refractivity contribution >= 4 is 5.69 Å². The number of hydrogen-bond acceptors (Lipinski definition) is 4. The summed E-state index contributed by atoms with van der Waals surface area (Å²) in [6, 6.07) is 8.81. The van der Waals surface area contributed by atoms with Crippen LogP contribution in [0, 0.1) is 0 Å². The molecule has 2 aromatic carbocycles. The van der Waals surface area contributed by atoms with Crippen molar-refractivity contribution in [3.05, 3.63) is 36.4 Å². The summed E-state index contributed by atoms with van der Waals surface area (Å²) in [5.74, 6) is -0.271. The summed E-state index contributed by atoms with van der Waals surface area (Å²) in [5.41, 5.74) is 6.51. The van der Waals surface area contributed by atoms with Crippen molar-refractivity contribution in [1.29, 1.82) is 0 Å². The van der Waals surface area contributed by atoms with Gasteiger partial charge in [-0.2, -0.15) is 0 Å². The first-order chi connectivity index (χ1) is 7.59. The number of nitrogen functional groups attached to an aromatic ring is 1. The predicted octanol–water partition coefficient (Wildman–Crippen LogP) is 2.05. The van der Waals surface area contributed by atoms with Crippen molar-refractivity contribution < 1.29 is 15.3 Å². The van der Waals surface area contributed by atoms with E-state index in [1.165, 1.54) is 36.4 Å². The van der Waals surface area contributed by atoms with Gasteiger partial charge in [0, 0.05) is 11.3 Å². The minimum Gasteiger partial charge on any atom is -0.507 e. The number of phenolic OH excluding ortho intramolecular Hbond substituents is 3. The van der Waals surface area contributed by atoms with Gasteiger partial charge in [0.1, 0.15) is 17.2 Å². The van der Waals surface area contributed by atoms with Gasteiger partial charge in [0.25, 0.3) is 0 Å². The third kappa shape index (κ3) is 1.61. The molecule has 0 saturated carbocycles. The zero-order valence-corrected chi connectivity index (χ0v) is 8.38. The maximum absolute atomic E-state index is 9.66. The van der Waals surface area contributed by atoms with Crippen LogP contribution in [0.25, 0.3) is 11.1 Å². The molecule has 16 heavy (non-hydrogen) atoms. The molecule has 0 bridgehead atoms. The van der Waals surface area contributed by atoms with Gasteiger partial charge in [-0.1, -0.05) is 6.07 Å². The topological polar surface area (TPSA) is 86.7 Å². The van der Waals surface area contributed by atoms with Gasteiger partial charge in [0.15, 0.2) is 0 Å². The van der Waals surface area contributed by atoms with Crippen LogP contribution in [0.5, 0.6) is 17.2 Å². The van der Waals surface area contributed by atoms with Gasteiger partial charge in [-0.25, -0.2) is 0 Å². The van der Waals surface area contributed by atoms with Gasteiger partial charge in [0.05, 0.1) is 5.56 Å². The first-order valence-electron chi connectivity index (χ1n) is 4.69. The van der Waals surface area contributed by atoms with Gasteiger partial charge in [0.2, 0.25) is 0 Å². The summed E-state index contributed by atoms with van der Waals surface area (Å²) in [6.07, 6.45) is 0. The highest BCUT2D eigenvalue weighted by Gasteiger charge is 2.13. The Morgan fingerprint density at radius 2 is 1.44 bits per heavy atom. The SMILES string of the molecule is Nc1ccc(O)c(-c2c(O)cccc2O)c1. The number of hydrogen-bond donors (Lipinski definition) is 4. The van der Waals surface area contributed by atoms with Crippen LogP contribution in [-0.2, 0) is 0 Å². The second kappa shape index (κ2) is 3.66. The molecule has 4 heteroatoms. The van der Waals surface area contributed by atoms with E-state index in [0.717, 1.165) is 0 Å². The molecule has 0 aliphatic heterocycles. The van der Waals surface area contributed by atoms with E-state index in [-0.39, 0.29) is 22.8 Å². The lowest BCUT2D eigenvalue weighted by Crippen LogP contribution is -1.87. The summed E-state index contributed by atoms with van der Waals surface area (Å²) in [7, 11) is 0. The average Bonchev–Trinajstić information content (AvgIpc) is 2.23. The molecule has 0 aliphatic carbocycles. The molecule has 2 aromatic rings. The summed E-state index contributed by atoms with van der Waals surface area (Å²) in [6.45, 7) is 0. The fourth-order valence-electron chi connectivity index (χ4n) is 1.56. The second-order valence-corrected chi connectivity index (χ2v) is 3.45. The van der Waals surface area contributed by atoms with Gasteiger partial charge < -0.3 is 21.1 Å². The molecule has 82 valence electrons. The van der Waals surface area contributed by atoms with Crippen LogP contribution in [0.3, 0.4) is 0 Å². The maximum Gasteiger partial charge on any atom is 0.127 e. The third-order valence-electron chi connectivity index (χ3n) is 2.31. The fraction of sp³-hybridized carbons (Fsp3) is 0. The third-order valence-corrected chi connectivity index (χ3v) is 2.31. The molecule has 0 amide bonds. The van der Waals surface area contributed by atoms with E-state index < -0.39 is 0 Å². The number of anilines is 1. The summed E-state index contributed by atoms with van der Waals surface area (Å²) in [4.78, 5) is 0. The molecular formula is C12H11NO3. The lowest BCUT2D eigenvalue weighted by Gasteiger charge is -2.09. The lowest BCUT2D eigenvalue weighted by molar-refractivity contribution is 0.450. The molecule has 0 aliphatic rings. The van der Waals surface area contributed by atoms with Crippen LogP contribution >= 0.6 is 0 Å². The van der Waals surface area contributed by atoms with Gasteiger partial charge >= 0.3 is 0 Å². The van der Waals surface area contributed by atoms with Crippen molar-refractivity contribution in [1.82, 2.24) is 0 Å². The fourth-order valence-corrected chi connectivity index (χ4v) is 1.56.